The van der Waals surface area contributed by atoms with Crippen LogP contribution in [0.1, 0.15) is 43.4 Å². The SMILES string of the molecule is CC=N/C(=C(/Cc1cc(F)cc(F)c1)NC(=O)CN=C(/C(=C\C)C(=N)C(F)F)C(F)F)C(C)c1ccc(F)c(C(=N)N)c1. The van der Waals surface area contributed by atoms with E-state index in [0.29, 0.717) is 11.6 Å². The number of amidine groups is 1. The van der Waals surface area contributed by atoms with Crippen molar-refractivity contribution < 1.29 is 35.5 Å². The Bertz CT molecular complexity index is 1480. The van der Waals surface area contributed by atoms with Gasteiger partial charge in [0, 0.05) is 35.9 Å². The second kappa shape index (κ2) is 15.6. The summed E-state index contributed by atoms with van der Waals surface area (Å²) >= 11 is 0. The standard InChI is InChI=1S/C29H29F7N6O/c1-4-19(24(37)27(33)34)26(28(35)36)41-13-23(43)42-22(10-15-8-17(30)12-18(31)9-15)25(40-5-2)14(3)16-6-7-21(32)20(11-16)29(38)39/h4-9,11-12,14,27-28,37H,10,13H2,1-3H3,(H3,38,39)(H,42,43)/b19-4-,25-22-,37-24?,40-5?,41-26?. The van der Waals surface area contributed by atoms with Crippen molar-refractivity contribution in [3.63, 3.8) is 0 Å². The number of carbonyl (C=O) groups excluding carboxylic acids is 1. The zero-order valence-electron chi connectivity index (χ0n) is 23.3. The number of aliphatic imine (C=N–C) groups is 2. The lowest BCUT2D eigenvalue weighted by Gasteiger charge is -2.20. The molecule has 2 aromatic rings. The maximum atomic E-state index is 14.2. The first-order valence-corrected chi connectivity index (χ1v) is 12.7. The van der Waals surface area contributed by atoms with Gasteiger partial charge in [-0.05, 0) is 49.2 Å². The molecule has 0 aliphatic carbocycles. The number of hydrogen-bond donors (Lipinski definition) is 4. The molecular formula is C29H29F7N6O. The fourth-order valence-corrected chi connectivity index (χ4v) is 4.08. The van der Waals surface area contributed by atoms with Crippen LogP contribution in [0.3, 0.4) is 0 Å². The monoisotopic (exact) mass is 610 g/mol. The minimum atomic E-state index is -3.39. The summed E-state index contributed by atoms with van der Waals surface area (Å²) in [5.74, 6) is -4.89. The predicted octanol–water partition coefficient (Wildman–Crippen LogP) is 6.09. The van der Waals surface area contributed by atoms with Crippen LogP contribution in [0.5, 0.6) is 0 Å². The summed E-state index contributed by atoms with van der Waals surface area (Å²) in [5, 5.41) is 17.5. The van der Waals surface area contributed by atoms with Crippen molar-refractivity contribution in [1.82, 2.24) is 5.32 Å². The maximum Gasteiger partial charge on any atom is 0.280 e. The smallest absolute Gasteiger partial charge is 0.280 e. The lowest BCUT2D eigenvalue weighted by atomic mass is 9.93. The number of nitrogens with one attached hydrogen (secondary N) is 3. The average Bonchev–Trinajstić information content (AvgIpc) is 2.92. The largest absolute Gasteiger partial charge is 0.384 e. The second-order valence-corrected chi connectivity index (χ2v) is 9.05. The second-order valence-electron chi connectivity index (χ2n) is 9.05. The summed E-state index contributed by atoms with van der Waals surface area (Å²) in [7, 11) is 0. The molecule has 1 unspecified atom stereocenters. The van der Waals surface area contributed by atoms with Crippen LogP contribution >= 0.6 is 0 Å². The van der Waals surface area contributed by atoms with Gasteiger partial charge in [0.25, 0.3) is 12.9 Å². The summed E-state index contributed by atoms with van der Waals surface area (Å²) < 4.78 is 95.6. The number of hydrogen-bond acceptors (Lipinski definition) is 5. The van der Waals surface area contributed by atoms with E-state index in [-0.39, 0.29) is 28.9 Å². The molecule has 0 saturated carbocycles. The molecule has 2 aromatic carbocycles. The Morgan fingerprint density at radius 3 is 2.14 bits per heavy atom. The molecule has 0 heterocycles. The molecule has 0 spiro atoms. The van der Waals surface area contributed by atoms with Gasteiger partial charge in [0.2, 0.25) is 5.91 Å². The highest BCUT2D eigenvalue weighted by Crippen LogP contribution is 2.30. The number of halogens is 7. The third kappa shape index (κ3) is 9.45. The fraction of sp³-hybridized carbons (Fsp3) is 0.276. The summed E-state index contributed by atoms with van der Waals surface area (Å²) in [6, 6.07) is 6.39. The first-order chi connectivity index (χ1) is 20.2. The van der Waals surface area contributed by atoms with Crippen molar-refractivity contribution in [3.05, 3.63) is 93.6 Å². The Morgan fingerprint density at radius 2 is 1.63 bits per heavy atom. The van der Waals surface area contributed by atoms with Gasteiger partial charge in [0.15, 0.2) is 0 Å². The van der Waals surface area contributed by atoms with Crippen molar-refractivity contribution in [1.29, 1.82) is 10.8 Å². The summed E-state index contributed by atoms with van der Waals surface area (Å²) in [4.78, 5) is 20.7. The molecule has 1 atom stereocenters. The molecule has 0 radical (unpaired) electrons. The number of amides is 1. The molecule has 0 aliphatic heterocycles. The zero-order chi connectivity index (χ0) is 32.4. The molecule has 0 aromatic heterocycles. The van der Waals surface area contributed by atoms with Crippen molar-refractivity contribution in [2.75, 3.05) is 6.54 Å². The highest BCUT2D eigenvalue weighted by Gasteiger charge is 2.26. The number of nitrogens with zero attached hydrogens (tertiary/aromatic N) is 2. The van der Waals surface area contributed by atoms with Gasteiger partial charge in [-0.3, -0.25) is 25.6 Å². The molecule has 2 rings (SSSR count). The molecule has 1 amide bonds. The number of nitrogen functional groups attached to an aromatic ring is 1. The molecule has 230 valence electrons. The summed E-state index contributed by atoms with van der Waals surface area (Å²) in [5.41, 5.74) is 2.39. The maximum absolute atomic E-state index is 14.2. The normalized spacial score (nSPS) is 13.9. The molecule has 5 N–H and O–H groups in total. The van der Waals surface area contributed by atoms with E-state index in [9.17, 15) is 35.5 Å². The molecule has 0 fully saturated rings. The highest BCUT2D eigenvalue weighted by atomic mass is 19.3. The number of benzene rings is 2. The lowest BCUT2D eigenvalue weighted by Crippen LogP contribution is -2.30. The van der Waals surface area contributed by atoms with Crippen LogP contribution in [-0.2, 0) is 11.2 Å². The molecule has 43 heavy (non-hydrogen) atoms. The Morgan fingerprint density at radius 1 is 1.00 bits per heavy atom. The van der Waals surface area contributed by atoms with Gasteiger partial charge in [-0.1, -0.05) is 19.1 Å². The van der Waals surface area contributed by atoms with E-state index < -0.39 is 71.5 Å². The highest BCUT2D eigenvalue weighted by molar-refractivity contribution is 6.25. The minimum Gasteiger partial charge on any atom is -0.384 e. The van der Waals surface area contributed by atoms with Gasteiger partial charge in [0.1, 0.15) is 41.3 Å². The van der Waals surface area contributed by atoms with E-state index in [1.807, 2.05) is 0 Å². The Kier molecular flexibility index (Phi) is 12.5. The van der Waals surface area contributed by atoms with Crippen molar-refractivity contribution >= 4 is 29.4 Å². The lowest BCUT2D eigenvalue weighted by molar-refractivity contribution is -0.119. The van der Waals surface area contributed by atoms with E-state index in [0.717, 1.165) is 31.2 Å². The van der Waals surface area contributed by atoms with Gasteiger partial charge in [-0.2, -0.15) is 0 Å². The van der Waals surface area contributed by atoms with Gasteiger partial charge in [-0.15, -0.1) is 0 Å². The Labute approximate surface area is 243 Å². The van der Waals surface area contributed by atoms with E-state index in [1.54, 1.807) is 6.92 Å². The van der Waals surface area contributed by atoms with Crippen molar-refractivity contribution in [2.45, 2.75) is 46.0 Å². The molecule has 7 nitrogen and oxygen atoms in total. The van der Waals surface area contributed by atoms with Gasteiger partial charge >= 0.3 is 0 Å². The minimum absolute atomic E-state index is 0.0327. The number of allylic oxidation sites excluding steroid dienone is 4. The topological polar surface area (TPSA) is 128 Å². The van der Waals surface area contributed by atoms with Crippen molar-refractivity contribution in [3.8, 4) is 0 Å². The van der Waals surface area contributed by atoms with Crippen LogP contribution in [0.25, 0.3) is 0 Å². The third-order valence-corrected chi connectivity index (χ3v) is 6.03. The van der Waals surface area contributed by atoms with Crippen molar-refractivity contribution in [2.24, 2.45) is 15.7 Å². The quantitative estimate of drug-likeness (QED) is 0.124. The number of carbonyl (C=O) groups is 1. The fourth-order valence-electron chi connectivity index (χ4n) is 4.08. The molecule has 0 bridgehead atoms. The Hall–Kier alpha value is -4.62. The first kappa shape index (κ1) is 34.6. The van der Waals surface area contributed by atoms with Crippen LogP contribution in [0.4, 0.5) is 30.7 Å². The molecule has 14 heteroatoms. The predicted molar refractivity (Wildman–Crippen MR) is 151 cm³/mol. The number of alkyl halides is 4. The van der Waals surface area contributed by atoms with Crippen LogP contribution in [0, 0.1) is 28.3 Å². The van der Waals surface area contributed by atoms with E-state index in [1.165, 1.54) is 25.3 Å². The third-order valence-electron chi connectivity index (χ3n) is 6.03. The van der Waals surface area contributed by atoms with Gasteiger partial charge in [0.05, 0.1) is 11.3 Å². The van der Waals surface area contributed by atoms with E-state index in [4.69, 9.17) is 16.6 Å². The Balaban J connectivity index is 2.62. The molecular weight excluding hydrogens is 581 g/mol. The number of nitrogens with two attached hydrogens (primary N) is 1. The molecule has 0 aliphatic rings. The van der Waals surface area contributed by atoms with Crippen LogP contribution in [-0.4, -0.2) is 48.8 Å². The molecule has 0 saturated heterocycles. The van der Waals surface area contributed by atoms with Crippen LogP contribution in [0.15, 0.2) is 69.4 Å². The first-order valence-electron chi connectivity index (χ1n) is 12.7. The van der Waals surface area contributed by atoms with E-state index >= 15 is 0 Å². The van der Waals surface area contributed by atoms with E-state index in [2.05, 4.69) is 15.3 Å². The average molecular weight is 611 g/mol. The number of rotatable bonds is 13. The summed E-state index contributed by atoms with van der Waals surface area (Å²) in [6.45, 7) is 3.32. The summed E-state index contributed by atoms with van der Waals surface area (Å²) in [6.07, 6.45) is -4.87. The zero-order valence-corrected chi connectivity index (χ0v) is 23.3. The van der Waals surface area contributed by atoms with Crippen LogP contribution in [0.2, 0.25) is 0 Å². The van der Waals surface area contributed by atoms with Crippen LogP contribution < -0.4 is 11.1 Å². The van der Waals surface area contributed by atoms with Gasteiger partial charge < -0.3 is 11.1 Å². The van der Waals surface area contributed by atoms with Gasteiger partial charge in [-0.25, -0.2) is 30.7 Å².